The van der Waals surface area contributed by atoms with Crippen LogP contribution in [0.4, 0.5) is 11.4 Å². The number of para-hydroxylation sites is 1. The zero-order valence-electron chi connectivity index (χ0n) is 13.9. The summed E-state index contributed by atoms with van der Waals surface area (Å²) >= 11 is 6.08. The molecule has 2 aromatic carbocycles. The summed E-state index contributed by atoms with van der Waals surface area (Å²) in [6.45, 7) is 1.97. The first kappa shape index (κ1) is 17.7. The van der Waals surface area contributed by atoms with E-state index in [0.717, 1.165) is 4.90 Å². The predicted molar refractivity (Wildman–Crippen MR) is 97.8 cm³/mol. The van der Waals surface area contributed by atoms with Gasteiger partial charge in [-0.1, -0.05) is 35.9 Å². The van der Waals surface area contributed by atoms with Crippen LogP contribution in [-0.4, -0.2) is 24.4 Å². The minimum Gasteiger partial charge on any atom is -0.462 e. The summed E-state index contributed by atoms with van der Waals surface area (Å²) in [7, 11) is 0. The first-order valence-electron chi connectivity index (χ1n) is 7.90. The van der Waals surface area contributed by atoms with E-state index in [1.54, 1.807) is 55.5 Å². The Balaban J connectivity index is 1.86. The summed E-state index contributed by atoms with van der Waals surface area (Å²) in [5.74, 6) is -1.64. The largest absolute Gasteiger partial charge is 0.462 e. The topological polar surface area (TPSA) is 75.7 Å². The van der Waals surface area contributed by atoms with Gasteiger partial charge in [0, 0.05) is 5.69 Å². The maximum absolute atomic E-state index is 12.7. The minimum atomic E-state index is -0.605. The molecule has 3 rings (SSSR count). The second-order valence-electron chi connectivity index (χ2n) is 5.40. The van der Waals surface area contributed by atoms with Gasteiger partial charge < -0.3 is 10.1 Å². The van der Waals surface area contributed by atoms with E-state index in [1.807, 2.05) is 0 Å². The number of nitrogens with one attached hydrogen (secondary N) is 1. The molecule has 0 bridgehead atoms. The van der Waals surface area contributed by atoms with Gasteiger partial charge in [0.15, 0.2) is 0 Å². The lowest BCUT2D eigenvalue weighted by atomic mass is 10.2. The van der Waals surface area contributed by atoms with Crippen LogP contribution in [0.15, 0.2) is 65.3 Å². The van der Waals surface area contributed by atoms with Crippen LogP contribution in [0.25, 0.3) is 0 Å². The van der Waals surface area contributed by atoms with E-state index in [4.69, 9.17) is 16.3 Å². The summed E-state index contributed by atoms with van der Waals surface area (Å²) in [6, 6.07) is 14.9. The molecule has 7 heteroatoms. The van der Waals surface area contributed by atoms with Crippen LogP contribution in [0.1, 0.15) is 17.3 Å². The van der Waals surface area contributed by atoms with Crippen LogP contribution in [0, 0.1) is 0 Å². The fraction of sp³-hybridized carbons (Fsp3) is 0.105. The maximum atomic E-state index is 12.7. The highest BCUT2D eigenvalue weighted by atomic mass is 35.5. The molecule has 1 N–H and O–H groups in total. The number of hydrogen-bond donors (Lipinski definition) is 1. The fourth-order valence-corrected chi connectivity index (χ4v) is 2.72. The highest BCUT2D eigenvalue weighted by Gasteiger charge is 2.38. The molecule has 6 nitrogen and oxygen atoms in total. The number of esters is 1. The van der Waals surface area contributed by atoms with Gasteiger partial charge in [-0.05, 0) is 37.3 Å². The highest BCUT2D eigenvalue weighted by Crippen LogP contribution is 2.30. The number of hydrogen-bond acceptors (Lipinski definition) is 5. The zero-order valence-corrected chi connectivity index (χ0v) is 14.6. The SMILES string of the molecule is CCOC(=O)c1cccc(NC2=C(Cl)C(=O)N(c3ccccc3)C2=O)c1. The molecule has 0 radical (unpaired) electrons. The molecule has 0 aliphatic carbocycles. The van der Waals surface area contributed by atoms with Gasteiger partial charge >= 0.3 is 5.97 Å². The van der Waals surface area contributed by atoms with Gasteiger partial charge in [-0.25, -0.2) is 9.69 Å². The lowest BCUT2D eigenvalue weighted by Gasteiger charge is -2.15. The Morgan fingerprint density at radius 3 is 2.50 bits per heavy atom. The van der Waals surface area contributed by atoms with Gasteiger partial charge in [0.25, 0.3) is 11.8 Å². The van der Waals surface area contributed by atoms with Gasteiger partial charge in [-0.2, -0.15) is 0 Å². The van der Waals surface area contributed by atoms with Crippen molar-refractivity contribution in [1.82, 2.24) is 0 Å². The van der Waals surface area contributed by atoms with Crippen molar-refractivity contribution in [2.75, 3.05) is 16.8 Å². The van der Waals surface area contributed by atoms with Crippen LogP contribution in [-0.2, 0) is 14.3 Å². The van der Waals surface area contributed by atoms with Crippen molar-refractivity contribution in [3.63, 3.8) is 0 Å². The summed E-state index contributed by atoms with van der Waals surface area (Å²) < 4.78 is 4.95. The van der Waals surface area contributed by atoms with E-state index in [-0.39, 0.29) is 17.3 Å². The minimum absolute atomic E-state index is 0.0403. The van der Waals surface area contributed by atoms with Crippen LogP contribution >= 0.6 is 11.6 Å². The predicted octanol–water partition coefficient (Wildman–Crippen LogP) is 3.30. The Labute approximate surface area is 155 Å². The van der Waals surface area contributed by atoms with Crippen molar-refractivity contribution in [3.05, 3.63) is 70.9 Å². The molecule has 132 valence electrons. The molecule has 0 unspecified atom stereocenters. The third-order valence-corrected chi connectivity index (χ3v) is 4.04. The Hall–Kier alpha value is -3.12. The van der Waals surface area contributed by atoms with E-state index < -0.39 is 17.8 Å². The molecule has 26 heavy (non-hydrogen) atoms. The van der Waals surface area contributed by atoms with Crippen molar-refractivity contribution < 1.29 is 19.1 Å². The third-order valence-electron chi connectivity index (χ3n) is 3.68. The van der Waals surface area contributed by atoms with Crippen LogP contribution in [0.2, 0.25) is 0 Å². The molecule has 1 heterocycles. The van der Waals surface area contributed by atoms with Crippen molar-refractivity contribution in [1.29, 1.82) is 0 Å². The van der Waals surface area contributed by atoms with Gasteiger partial charge in [0.1, 0.15) is 10.7 Å². The molecular weight excluding hydrogens is 356 g/mol. The average Bonchev–Trinajstić information content (AvgIpc) is 2.86. The van der Waals surface area contributed by atoms with Gasteiger partial charge in [-0.15, -0.1) is 0 Å². The Morgan fingerprint density at radius 1 is 1.08 bits per heavy atom. The van der Waals surface area contributed by atoms with Crippen molar-refractivity contribution in [2.24, 2.45) is 0 Å². The van der Waals surface area contributed by atoms with E-state index >= 15 is 0 Å². The number of benzene rings is 2. The van der Waals surface area contributed by atoms with Crippen molar-refractivity contribution >= 4 is 40.8 Å². The van der Waals surface area contributed by atoms with E-state index in [0.29, 0.717) is 16.9 Å². The smallest absolute Gasteiger partial charge is 0.338 e. The molecule has 0 saturated carbocycles. The number of ether oxygens (including phenoxy) is 1. The molecule has 0 saturated heterocycles. The molecule has 0 atom stereocenters. The molecular formula is C19H15ClN2O4. The average molecular weight is 371 g/mol. The van der Waals surface area contributed by atoms with Gasteiger partial charge in [0.05, 0.1) is 17.9 Å². The number of carbonyl (C=O) groups is 3. The number of amides is 2. The maximum Gasteiger partial charge on any atom is 0.338 e. The van der Waals surface area contributed by atoms with E-state index in [9.17, 15) is 14.4 Å². The van der Waals surface area contributed by atoms with E-state index in [1.165, 1.54) is 6.07 Å². The number of imide groups is 1. The van der Waals surface area contributed by atoms with E-state index in [2.05, 4.69) is 5.32 Å². The summed E-state index contributed by atoms with van der Waals surface area (Å²) in [6.07, 6.45) is 0. The van der Waals surface area contributed by atoms with Gasteiger partial charge in [-0.3, -0.25) is 9.59 Å². The lowest BCUT2D eigenvalue weighted by Crippen LogP contribution is -2.32. The molecule has 2 amide bonds. The zero-order chi connectivity index (χ0) is 18.7. The Kier molecular flexibility index (Phi) is 5.04. The van der Waals surface area contributed by atoms with Crippen LogP contribution in [0.5, 0.6) is 0 Å². The molecule has 1 aliphatic rings. The monoisotopic (exact) mass is 370 g/mol. The third kappa shape index (κ3) is 3.32. The second-order valence-corrected chi connectivity index (χ2v) is 5.77. The molecule has 1 aliphatic heterocycles. The number of nitrogens with zero attached hydrogens (tertiary/aromatic N) is 1. The molecule has 0 fully saturated rings. The second kappa shape index (κ2) is 7.41. The normalized spacial score (nSPS) is 14.0. The fourth-order valence-electron chi connectivity index (χ4n) is 2.51. The summed E-state index contributed by atoms with van der Waals surface area (Å²) in [5.41, 5.74) is 1.16. The lowest BCUT2D eigenvalue weighted by molar-refractivity contribution is -0.120. The molecule has 0 aromatic heterocycles. The standard InChI is InChI=1S/C19H15ClN2O4/c1-2-26-19(25)12-7-6-8-13(11-12)21-16-15(20)17(23)22(18(16)24)14-9-4-3-5-10-14/h3-11,21H,2H2,1H3. The molecule has 2 aromatic rings. The summed E-state index contributed by atoms with van der Waals surface area (Å²) in [5, 5.41) is 2.63. The van der Waals surface area contributed by atoms with Gasteiger partial charge in [0.2, 0.25) is 0 Å². The van der Waals surface area contributed by atoms with Crippen LogP contribution < -0.4 is 10.2 Å². The summed E-state index contributed by atoms with van der Waals surface area (Å²) in [4.78, 5) is 37.9. The Bertz CT molecular complexity index is 909. The van der Waals surface area contributed by atoms with Crippen LogP contribution in [0.3, 0.4) is 0 Å². The molecule has 0 spiro atoms. The van der Waals surface area contributed by atoms with Crippen molar-refractivity contribution in [3.8, 4) is 0 Å². The quantitative estimate of drug-likeness (QED) is 0.645. The first-order chi connectivity index (χ1) is 12.5. The first-order valence-corrected chi connectivity index (χ1v) is 8.28. The number of rotatable bonds is 5. The van der Waals surface area contributed by atoms with Crippen molar-refractivity contribution in [2.45, 2.75) is 6.92 Å². The Morgan fingerprint density at radius 2 is 1.81 bits per heavy atom. The number of anilines is 2. The number of carbonyl (C=O) groups excluding carboxylic acids is 3. The number of halogens is 1. The highest BCUT2D eigenvalue weighted by molar-refractivity contribution is 6.53.